The normalized spacial score (nSPS) is 11.2. The number of rotatable bonds is 5. The van der Waals surface area contributed by atoms with E-state index in [1.807, 2.05) is 24.3 Å². The van der Waals surface area contributed by atoms with Crippen molar-refractivity contribution in [2.24, 2.45) is 0 Å². The first-order chi connectivity index (χ1) is 12.3. The molecule has 3 aromatic rings. The molecule has 0 bridgehead atoms. The van der Waals surface area contributed by atoms with E-state index in [-0.39, 0.29) is 20.2 Å². The fourth-order valence-corrected chi connectivity index (χ4v) is 4.62. The Kier molecular flexibility index (Phi) is 6.65. The number of benzene rings is 3. The molecule has 0 heterocycles. The minimum atomic E-state index is 0.110. The van der Waals surface area contributed by atoms with E-state index < -0.39 is 0 Å². The van der Waals surface area contributed by atoms with E-state index in [9.17, 15) is 0 Å². The van der Waals surface area contributed by atoms with Gasteiger partial charge in [-0.05, 0) is 0 Å². The van der Waals surface area contributed by atoms with Crippen molar-refractivity contribution in [2.45, 2.75) is 10.1 Å². The Morgan fingerprint density at radius 2 is 1.48 bits per heavy atom. The Balaban J connectivity index is 1.81. The van der Waals surface area contributed by atoms with Crippen LogP contribution in [0, 0.1) is 10.7 Å². The molecule has 0 amide bonds. The summed E-state index contributed by atoms with van der Waals surface area (Å²) in [6.45, 7) is 0. The number of hydrogen-bond acceptors (Lipinski definition) is 2. The van der Waals surface area contributed by atoms with E-state index in [0.29, 0.717) is 0 Å². The predicted octanol–water partition coefficient (Wildman–Crippen LogP) is 4.52. The summed E-state index contributed by atoms with van der Waals surface area (Å²) in [5, 5.41) is 0.110. The zero-order valence-electron chi connectivity index (χ0n) is 13.9. The van der Waals surface area contributed by atoms with Gasteiger partial charge in [-0.25, -0.2) is 0 Å². The van der Waals surface area contributed by atoms with Crippen molar-refractivity contribution in [2.75, 3.05) is 7.11 Å². The van der Waals surface area contributed by atoms with Gasteiger partial charge in [0.1, 0.15) is 0 Å². The Bertz CT molecular complexity index is 836. The van der Waals surface area contributed by atoms with Gasteiger partial charge >= 0.3 is 160 Å². The van der Waals surface area contributed by atoms with Crippen LogP contribution >= 0.6 is 11.8 Å². The summed E-state index contributed by atoms with van der Waals surface area (Å²) < 4.78 is 6.57. The first-order valence-corrected chi connectivity index (χ1v) is 10.5. The Labute approximate surface area is 160 Å². The molecule has 1 unspecified atom stereocenters. The minimum absolute atomic E-state index is 0.110. The van der Waals surface area contributed by atoms with Crippen LogP contribution in [0.4, 0.5) is 0 Å². The molecule has 0 aliphatic carbocycles. The summed E-state index contributed by atoms with van der Waals surface area (Å²) in [5.74, 6) is 4.34. The molecule has 0 aromatic heterocycles. The molecule has 25 heavy (non-hydrogen) atoms. The molecule has 0 aliphatic heterocycles. The first-order valence-electron chi connectivity index (χ1n) is 7.93. The van der Waals surface area contributed by atoms with E-state index in [1.165, 1.54) is 14.9 Å². The summed E-state index contributed by atoms with van der Waals surface area (Å²) in [7, 11) is 1.69. The molecule has 0 fully saturated rings. The topological polar surface area (TPSA) is 9.23 Å². The van der Waals surface area contributed by atoms with E-state index in [1.54, 1.807) is 18.9 Å². The van der Waals surface area contributed by atoms with Crippen molar-refractivity contribution >= 4 is 31.2 Å². The van der Waals surface area contributed by atoms with E-state index >= 15 is 0 Å². The molecule has 0 radical (unpaired) electrons. The molecule has 0 spiro atoms. The van der Waals surface area contributed by atoms with Gasteiger partial charge in [0.25, 0.3) is 0 Å². The van der Waals surface area contributed by atoms with Gasteiger partial charge in [0.15, 0.2) is 0 Å². The molecule has 0 N–H and O–H groups in total. The van der Waals surface area contributed by atoms with Crippen LogP contribution in [-0.4, -0.2) is 22.1 Å². The van der Waals surface area contributed by atoms with Crippen molar-refractivity contribution in [3.8, 4) is 16.5 Å². The molecule has 1 nitrogen and oxygen atoms in total. The molecule has 0 saturated heterocycles. The fourth-order valence-electron chi connectivity index (χ4n) is 2.23. The van der Waals surface area contributed by atoms with Crippen LogP contribution in [0.2, 0.25) is 0 Å². The second-order valence-corrected chi connectivity index (χ2v) is 8.27. The van der Waals surface area contributed by atoms with Crippen LogP contribution in [0.3, 0.4) is 0 Å². The van der Waals surface area contributed by atoms with Crippen LogP contribution in [0.1, 0.15) is 10.8 Å². The van der Waals surface area contributed by atoms with Gasteiger partial charge in [0.2, 0.25) is 0 Å². The van der Waals surface area contributed by atoms with Gasteiger partial charge in [-0.1, -0.05) is 0 Å². The maximum atomic E-state index is 5.27. The van der Waals surface area contributed by atoms with Gasteiger partial charge in [0, 0.05) is 0 Å². The van der Waals surface area contributed by atoms with Gasteiger partial charge in [-0.3, -0.25) is 0 Å². The van der Waals surface area contributed by atoms with Crippen molar-refractivity contribution in [3.05, 3.63) is 90.5 Å². The molecular formula is C22H18OSSe. The maximum absolute atomic E-state index is 5.27. The van der Waals surface area contributed by atoms with Crippen molar-refractivity contribution in [1.82, 2.24) is 0 Å². The van der Waals surface area contributed by atoms with E-state index in [2.05, 4.69) is 71.4 Å². The van der Waals surface area contributed by atoms with E-state index in [4.69, 9.17) is 4.74 Å². The third kappa shape index (κ3) is 5.44. The zero-order valence-corrected chi connectivity index (χ0v) is 16.4. The second-order valence-electron chi connectivity index (χ2n) is 5.25. The fraction of sp³-hybridized carbons (Fsp3) is 0.0909. The average Bonchev–Trinajstić information content (AvgIpc) is 2.69. The molecule has 3 aromatic carbocycles. The van der Waals surface area contributed by atoms with Crippen molar-refractivity contribution in [1.29, 1.82) is 0 Å². The second kappa shape index (κ2) is 9.39. The summed E-state index contributed by atoms with van der Waals surface area (Å²) in [6.07, 6.45) is 0. The first kappa shape index (κ1) is 17.7. The molecule has 3 heteroatoms. The van der Waals surface area contributed by atoms with Gasteiger partial charge in [-0.2, -0.15) is 0 Å². The molecule has 1 atom stereocenters. The van der Waals surface area contributed by atoms with Crippen molar-refractivity contribution in [3.63, 3.8) is 0 Å². The molecule has 3 rings (SSSR count). The molecule has 0 saturated carbocycles. The van der Waals surface area contributed by atoms with Crippen LogP contribution in [0.25, 0.3) is 0 Å². The number of methoxy groups -OCH3 is 1. The third-order valence-electron chi connectivity index (χ3n) is 3.52. The molecule has 0 aliphatic rings. The van der Waals surface area contributed by atoms with Crippen LogP contribution in [0.5, 0.6) is 5.75 Å². The predicted molar refractivity (Wildman–Crippen MR) is 108 cm³/mol. The van der Waals surface area contributed by atoms with Crippen LogP contribution in [0.15, 0.2) is 89.8 Å². The Morgan fingerprint density at radius 3 is 2.12 bits per heavy atom. The monoisotopic (exact) mass is 410 g/mol. The van der Waals surface area contributed by atoms with Gasteiger partial charge < -0.3 is 0 Å². The number of hydrogen-bond donors (Lipinski definition) is 0. The van der Waals surface area contributed by atoms with Gasteiger partial charge in [-0.15, -0.1) is 0 Å². The Hall–Kier alpha value is -2.11. The van der Waals surface area contributed by atoms with Crippen LogP contribution in [-0.2, 0) is 0 Å². The zero-order chi connectivity index (χ0) is 17.3. The third-order valence-corrected chi connectivity index (χ3v) is 6.21. The average molecular weight is 409 g/mol. The summed E-state index contributed by atoms with van der Waals surface area (Å²) in [6, 6.07) is 29.1. The Morgan fingerprint density at radius 1 is 0.840 bits per heavy atom. The van der Waals surface area contributed by atoms with Gasteiger partial charge in [0.05, 0.1) is 0 Å². The summed E-state index contributed by atoms with van der Waals surface area (Å²) >= 11 is 1.96. The van der Waals surface area contributed by atoms with Crippen molar-refractivity contribution < 1.29 is 4.74 Å². The standard InChI is InChI=1S/C22H18OSSe/c1-23-19-14-12-18(13-15-19)22(24-20-8-4-2-5-9-20)16-17-25-21-10-6-3-7-11-21/h2-15,22H,1H3. The number of thioether (sulfide) groups is 1. The number of ether oxygens (including phenoxy) is 1. The summed E-state index contributed by atoms with van der Waals surface area (Å²) in [5.41, 5.74) is 1.20. The van der Waals surface area contributed by atoms with Crippen LogP contribution < -0.4 is 9.20 Å². The summed E-state index contributed by atoms with van der Waals surface area (Å²) in [4.78, 5) is 4.64. The molecular weight excluding hydrogens is 391 g/mol. The quantitative estimate of drug-likeness (QED) is 0.348. The molecule has 124 valence electrons. The SMILES string of the molecule is COc1ccc(C(C#C[Se]c2ccccc2)Sc2ccccc2)cc1. The van der Waals surface area contributed by atoms with E-state index in [0.717, 1.165) is 5.75 Å².